The third-order valence-electron chi connectivity index (χ3n) is 2.81. The van der Waals surface area contributed by atoms with Crippen molar-refractivity contribution in [3.63, 3.8) is 0 Å². The fraction of sp³-hybridized carbons (Fsp3) is 0.231. The Labute approximate surface area is 135 Å². The Kier molecular flexibility index (Phi) is 4.86. The van der Waals surface area contributed by atoms with E-state index in [0.717, 1.165) is 21.2 Å². The molecule has 19 heavy (non-hydrogen) atoms. The van der Waals surface area contributed by atoms with Gasteiger partial charge in [-0.15, -0.1) is 0 Å². The van der Waals surface area contributed by atoms with Crippen molar-refractivity contribution in [3.8, 4) is 0 Å². The maximum absolute atomic E-state index is 11.1. The Hall–Kier alpha value is -0.590. The van der Waals surface area contributed by atoms with E-state index in [0.29, 0.717) is 23.7 Å². The molecular weight excluding hydrogens is 398 g/mol. The predicted molar refractivity (Wildman–Crippen MR) is 85.3 cm³/mol. The van der Waals surface area contributed by atoms with Crippen LogP contribution in [0.5, 0.6) is 0 Å². The zero-order valence-electron chi connectivity index (χ0n) is 10.2. The largest absolute Gasteiger partial charge is 0.320 e. The summed E-state index contributed by atoms with van der Waals surface area (Å²) in [7, 11) is 0. The molecule has 0 unspecified atom stereocenters. The molecule has 0 spiro atoms. The molecule has 0 aliphatic carbocycles. The van der Waals surface area contributed by atoms with Crippen LogP contribution in [0.3, 0.4) is 0 Å². The fourth-order valence-electron chi connectivity index (χ4n) is 1.86. The van der Waals surface area contributed by atoms with Crippen LogP contribution in [-0.4, -0.2) is 15.8 Å². The third kappa shape index (κ3) is 3.12. The Morgan fingerprint density at radius 3 is 2.74 bits per heavy atom. The van der Waals surface area contributed by atoms with Crippen LogP contribution < -0.4 is 0 Å². The zero-order valence-corrected chi connectivity index (χ0v) is 13.8. The van der Waals surface area contributed by atoms with Gasteiger partial charge < -0.3 is 4.57 Å². The number of aldehydes is 1. The van der Waals surface area contributed by atoms with E-state index in [1.807, 2.05) is 29.7 Å². The minimum absolute atomic E-state index is 0.244. The molecule has 2 rings (SSSR count). The monoisotopic (exact) mass is 408 g/mol. The van der Waals surface area contributed by atoms with Crippen molar-refractivity contribution in [2.75, 3.05) is 0 Å². The van der Waals surface area contributed by atoms with E-state index in [-0.39, 0.29) is 5.15 Å². The smallest absolute Gasteiger partial charge is 0.169 e. The molecule has 3 nitrogen and oxygen atoms in total. The van der Waals surface area contributed by atoms with Gasteiger partial charge in [-0.2, -0.15) is 0 Å². The van der Waals surface area contributed by atoms with Crippen LogP contribution in [0.1, 0.15) is 28.8 Å². The molecular formula is C13H11Cl2IN2O. The van der Waals surface area contributed by atoms with Gasteiger partial charge in [0.15, 0.2) is 11.4 Å². The molecule has 6 heteroatoms. The first-order valence-corrected chi connectivity index (χ1v) is 7.54. The van der Waals surface area contributed by atoms with Gasteiger partial charge in [-0.25, -0.2) is 4.98 Å². The minimum atomic E-state index is 0.244. The van der Waals surface area contributed by atoms with Gasteiger partial charge in [0.1, 0.15) is 11.5 Å². The highest BCUT2D eigenvalue weighted by Crippen LogP contribution is 2.23. The molecule has 1 aromatic heterocycles. The van der Waals surface area contributed by atoms with E-state index in [4.69, 9.17) is 23.2 Å². The van der Waals surface area contributed by atoms with Crippen LogP contribution in [-0.2, 0) is 13.0 Å². The van der Waals surface area contributed by atoms with Crippen LogP contribution in [0, 0.1) is 3.57 Å². The maximum Gasteiger partial charge on any atom is 0.169 e. The Morgan fingerprint density at radius 1 is 1.42 bits per heavy atom. The lowest BCUT2D eigenvalue weighted by Gasteiger charge is -2.10. The van der Waals surface area contributed by atoms with Crippen molar-refractivity contribution in [2.45, 2.75) is 19.9 Å². The van der Waals surface area contributed by atoms with Gasteiger partial charge in [0.2, 0.25) is 0 Å². The van der Waals surface area contributed by atoms with Crippen molar-refractivity contribution >= 4 is 52.1 Å². The molecule has 0 saturated heterocycles. The summed E-state index contributed by atoms with van der Waals surface area (Å²) in [6.07, 6.45) is 1.44. The van der Waals surface area contributed by atoms with Gasteiger partial charge in [-0.3, -0.25) is 4.79 Å². The number of carbonyl (C=O) groups excluding carboxylic acids is 1. The van der Waals surface area contributed by atoms with Gasteiger partial charge in [-0.1, -0.05) is 36.2 Å². The number of aryl methyl sites for hydroxylation is 1. The first-order chi connectivity index (χ1) is 9.06. The molecule has 0 radical (unpaired) electrons. The number of nitrogens with zero attached hydrogens (tertiary/aromatic N) is 2. The van der Waals surface area contributed by atoms with Gasteiger partial charge in [-0.05, 0) is 40.3 Å². The molecule has 1 heterocycles. The lowest BCUT2D eigenvalue weighted by molar-refractivity contribution is 0.111. The number of carbonyl (C=O) groups is 1. The number of halogens is 3. The molecule has 0 saturated carbocycles. The van der Waals surface area contributed by atoms with Crippen LogP contribution in [0.25, 0.3) is 0 Å². The first kappa shape index (κ1) is 14.8. The van der Waals surface area contributed by atoms with Crippen LogP contribution in [0.4, 0.5) is 0 Å². The standard InChI is InChI=1S/C13H11Cl2IN2O/c1-2-12-17-13(15)11(7-19)18(12)6-8-3-4-9(16)5-10(8)14/h3-5,7H,2,6H2,1H3. The summed E-state index contributed by atoms with van der Waals surface area (Å²) < 4.78 is 2.88. The molecule has 0 aliphatic heterocycles. The van der Waals surface area contributed by atoms with Crippen molar-refractivity contribution in [1.29, 1.82) is 0 Å². The molecule has 0 amide bonds. The number of benzene rings is 1. The number of imidazole rings is 1. The van der Waals surface area contributed by atoms with Crippen molar-refractivity contribution in [3.05, 3.63) is 49.0 Å². The normalized spacial score (nSPS) is 10.7. The Bertz CT molecular complexity index is 625. The number of rotatable bonds is 4. The van der Waals surface area contributed by atoms with Crippen LogP contribution in [0.15, 0.2) is 18.2 Å². The summed E-state index contributed by atoms with van der Waals surface area (Å²) in [6, 6.07) is 5.82. The average molecular weight is 409 g/mol. The van der Waals surface area contributed by atoms with Gasteiger partial charge >= 0.3 is 0 Å². The van der Waals surface area contributed by atoms with Crippen molar-refractivity contribution in [2.24, 2.45) is 0 Å². The maximum atomic E-state index is 11.1. The zero-order chi connectivity index (χ0) is 14.0. The van der Waals surface area contributed by atoms with Crippen LogP contribution in [0.2, 0.25) is 10.2 Å². The van der Waals surface area contributed by atoms with E-state index in [1.54, 1.807) is 0 Å². The number of hydrogen-bond acceptors (Lipinski definition) is 2. The highest BCUT2D eigenvalue weighted by molar-refractivity contribution is 14.1. The second-order valence-electron chi connectivity index (χ2n) is 4.00. The Balaban J connectivity index is 2.45. The predicted octanol–water partition coefficient (Wildman–Crippen LogP) is 4.22. The summed E-state index contributed by atoms with van der Waals surface area (Å²) in [4.78, 5) is 15.3. The van der Waals surface area contributed by atoms with Crippen molar-refractivity contribution < 1.29 is 4.79 Å². The van der Waals surface area contributed by atoms with E-state index in [9.17, 15) is 4.79 Å². The fourth-order valence-corrected chi connectivity index (χ4v) is 3.02. The van der Waals surface area contributed by atoms with Gasteiger partial charge in [0.25, 0.3) is 0 Å². The first-order valence-electron chi connectivity index (χ1n) is 5.70. The molecule has 0 atom stereocenters. The quantitative estimate of drug-likeness (QED) is 0.560. The summed E-state index contributed by atoms with van der Waals surface area (Å²) in [5.74, 6) is 0.779. The summed E-state index contributed by atoms with van der Waals surface area (Å²) >= 11 is 14.4. The molecule has 0 aliphatic rings. The van der Waals surface area contributed by atoms with Crippen molar-refractivity contribution in [1.82, 2.24) is 9.55 Å². The lowest BCUT2D eigenvalue weighted by atomic mass is 10.2. The van der Waals surface area contributed by atoms with E-state index in [1.165, 1.54) is 0 Å². The molecule has 0 fully saturated rings. The van der Waals surface area contributed by atoms with E-state index >= 15 is 0 Å². The average Bonchev–Trinajstić information content (AvgIpc) is 2.68. The summed E-state index contributed by atoms with van der Waals surface area (Å²) in [6.45, 7) is 2.46. The number of hydrogen-bond donors (Lipinski definition) is 0. The summed E-state index contributed by atoms with van der Waals surface area (Å²) in [5, 5.41) is 0.920. The van der Waals surface area contributed by atoms with E-state index < -0.39 is 0 Å². The summed E-state index contributed by atoms with van der Waals surface area (Å²) in [5.41, 5.74) is 1.34. The van der Waals surface area contributed by atoms with Gasteiger partial charge in [0.05, 0.1) is 6.54 Å². The molecule has 0 bridgehead atoms. The topological polar surface area (TPSA) is 34.9 Å². The highest BCUT2D eigenvalue weighted by atomic mass is 127. The lowest BCUT2D eigenvalue weighted by Crippen LogP contribution is -2.08. The molecule has 0 N–H and O–H groups in total. The second-order valence-corrected chi connectivity index (χ2v) is 6.01. The van der Waals surface area contributed by atoms with Gasteiger partial charge in [0, 0.05) is 15.0 Å². The second kappa shape index (κ2) is 6.24. The minimum Gasteiger partial charge on any atom is -0.320 e. The molecule has 2 aromatic rings. The number of aromatic nitrogens is 2. The van der Waals surface area contributed by atoms with Crippen LogP contribution >= 0.6 is 45.8 Å². The molecule has 100 valence electrons. The van der Waals surface area contributed by atoms with E-state index in [2.05, 4.69) is 27.6 Å². The third-order valence-corrected chi connectivity index (χ3v) is 4.11. The molecule has 1 aromatic carbocycles. The highest BCUT2D eigenvalue weighted by Gasteiger charge is 2.15. The Morgan fingerprint density at radius 2 is 2.16 bits per heavy atom. The SMILES string of the molecule is CCc1nc(Cl)c(C=O)n1Cc1ccc(I)cc1Cl.